The number of nitrogens with one attached hydrogen (secondary N) is 1. The molecule has 2 atom stereocenters. The van der Waals surface area contributed by atoms with Crippen LogP contribution < -0.4 is 5.32 Å². The highest BCUT2D eigenvalue weighted by atomic mass is 16.3. The number of hydrogen-bond acceptors (Lipinski definition) is 3. The Morgan fingerprint density at radius 3 is 2.44 bits per heavy atom. The Bertz CT molecular complexity index is 613. The number of aliphatic hydroxyl groups excluding tert-OH is 1. The molecule has 2 unspecified atom stereocenters. The minimum absolute atomic E-state index is 0.00839. The third-order valence-electron chi connectivity index (χ3n) is 4.71. The van der Waals surface area contributed by atoms with Gasteiger partial charge in [0.05, 0.1) is 6.10 Å². The second-order valence-electron chi connectivity index (χ2n) is 7.66. The second-order valence-corrected chi connectivity index (χ2v) is 7.66. The molecular weight excluding hydrogens is 316 g/mol. The molecular formula is C20H30N2O3. The lowest BCUT2D eigenvalue weighted by Gasteiger charge is -2.36. The first kappa shape index (κ1) is 19.4. The van der Waals surface area contributed by atoms with E-state index in [0.717, 1.165) is 11.1 Å². The molecule has 0 fully saturated rings. The number of carbonyl (C=O) groups excluding carboxylic acids is 2. The minimum atomic E-state index is -0.584. The highest BCUT2D eigenvalue weighted by Crippen LogP contribution is 2.25. The SMILES string of the molecule is CC(C)CC(=O)N1Cc2ccccc2CC1C(=O)NCC(O)C(C)C. The molecule has 0 aliphatic carbocycles. The van der Waals surface area contributed by atoms with Crippen LogP contribution >= 0.6 is 0 Å². The van der Waals surface area contributed by atoms with Crippen LogP contribution in [0.15, 0.2) is 24.3 Å². The minimum Gasteiger partial charge on any atom is -0.391 e. The molecule has 138 valence electrons. The van der Waals surface area contributed by atoms with Crippen molar-refractivity contribution in [3.63, 3.8) is 0 Å². The van der Waals surface area contributed by atoms with Crippen LogP contribution in [-0.4, -0.2) is 40.5 Å². The summed E-state index contributed by atoms with van der Waals surface area (Å²) in [7, 11) is 0. The molecule has 5 nitrogen and oxygen atoms in total. The molecule has 0 bridgehead atoms. The summed E-state index contributed by atoms with van der Waals surface area (Å²) in [6.45, 7) is 8.50. The molecule has 2 rings (SSSR count). The van der Waals surface area contributed by atoms with Crippen molar-refractivity contribution in [1.29, 1.82) is 0 Å². The standard InChI is InChI=1S/C20H30N2O3/c1-13(2)9-19(24)22-12-16-8-6-5-7-15(16)10-17(22)20(25)21-11-18(23)14(3)4/h5-8,13-14,17-18,23H,9-12H2,1-4H3,(H,21,25). The van der Waals surface area contributed by atoms with Gasteiger partial charge in [-0.1, -0.05) is 52.0 Å². The van der Waals surface area contributed by atoms with Crippen LogP contribution in [0.4, 0.5) is 0 Å². The third kappa shape index (κ3) is 5.05. The molecule has 0 saturated heterocycles. The van der Waals surface area contributed by atoms with Crippen molar-refractivity contribution in [3.05, 3.63) is 35.4 Å². The number of fused-ring (bicyclic) bond motifs is 1. The topological polar surface area (TPSA) is 69.6 Å². The van der Waals surface area contributed by atoms with Crippen molar-refractivity contribution >= 4 is 11.8 Å². The van der Waals surface area contributed by atoms with Crippen LogP contribution in [0.5, 0.6) is 0 Å². The lowest BCUT2D eigenvalue weighted by atomic mass is 9.92. The van der Waals surface area contributed by atoms with E-state index in [4.69, 9.17) is 0 Å². The van der Waals surface area contributed by atoms with Gasteiger partial charge < -0.3 is 15.3 Å². The summed E-state index contributed by atoms with van der Waals surface area (Å²) in [5.41, 5.74) is 2.21. The van der Waals surface area contributed by atoms with E-state index in [1.807, 2.05) is 52.0 Å². The van der Waals surface area contributed by atoms with E-state index in [-0.39, 0.29) is 30.2 Å². The fourth-order valence-corrected chi connectivity index (χ4v) is 3.04. The van der Waals surface area contributed by atoms with E-state index in [9.17, 15) is 14.7 Å². The maximum Gasteiger partial charge on any atom is 0.243 e. The molecule has 0 aromatic heterocycles. The maximum atomic E-state index is 12.7. The molecule has 5 heteroatoms. The molecule has 1 aromatic carbocycles. The van der Waals surface area contributed by atoms with Crippen LogP contribution in [0.1, 0.15) is 45.2 Å². The monoisotopic (exact) mass is 346 g/mol. The first-order valence-electron chi connectivity index (χ1n) is 9.11. The Balaban J connectivity index is 2.16. The number of aliphatic hydroxyl groups is 1. The highest BCUT2D eigenvalue weighted by Gasteiger charge is 2.34. The van der Waals surface area contributed by atoms with E-state index >= 15 is 0 Å². The summed E-state index contributed by atoms with van der Waals surface area (Å²) >= 11 is 0. The van der Waals surface area contributed by atoms with Gasteiger partial charge in [-0.05, 0) is 23.0 Å². The normalized spacial score (nSPS) is 18.2. The van der Waals surface area contributed by atoms with Crippen LogP contribution in [0, 0.1) is 11.8 Å². The summed E-state index contributed by atoms with van der Waals surface area (Å²) in [4.78, 5) is 27.1. The molecule has 25 heavy (non-hydrogen) atoms. The fourth-order valence-electron chi connectivity index (χ4n) is 3.04. The largest absolute Gasteiger partial charge is 0.391 e. The average Bonchev–Trinajstić information content (AvgIpc) is 2.57. The lowest BCUT2D eigenvalue weighted by molar-refractivity contribution is -0.142. The number of carbonyl (C=O) groups is 2. The quantitative estimate of drug-likeness (QED) is 0.829. The highest BCUT2D eigenvalue weighted by molar-refractivity contribution is 5.88. The molecule has 0 spiro atoms. The van der Waals surface area contributed by atoms with Crippen molar-refractivity contribution in [2.75, 3.05) is 6.54 Å². The van der Waals surface area contributed by atoms with Crippen molar-refractivity contribution in [2.24, 2.45) is 11.8 Å². The lowest BCUT2D eigenvalue weighted by Crippen LogP contribution is -2.53. The van der Waals surface area contributed by atoms with Crippen LogP contribution in [0.3, 0.4) is 0 Å². The van der Waals surface area contributed by atoms with Gasteiger partial charge in [0.15, 0.2) is 0 Å². The van der Waals surface area contributed by atoms with Gasteiger partial charge in [0, 0.05) is 25.9 Å². The van der Waals surface area contributed by atoms with Gasteiger partial charge in [0.2, 0.25) is 11.8 Å². The molecule has 2 N–H and O–H groups in total. The number of hydrogen-bond donors (Lipinski definition) is 2. The van der Waals surface area contributed by atoms with Gasteiger partial charge >= 0.3 is 0 Å². The zero-order chi connectivity index (χ0) is 18.6. The molecule has 1 aliphatic rings. The molecule has 2 amide bonds. The summed E-state index contributed by atoms with van der Waals surface area (Å²) in [6.07, 6.45) is 0.365. The van der Waals surface area contributed by atoms with Crippen LogP contribution in [0.25, 0.3) is 0 Å². The Hall–Kier alpha value is -1.88. The first-order chi connectivity index (χ1) is 11.8. The molecule has 1 heterocycles. The van der Waals surface area contributed by atoms with Crippen LogP contribution in [0.2, 0.25) is 0 Å². The van der Waals surface area contributed by atoms with E-state index in [2.05, 4.69) is 5.32 Å². The Kier molecular flexibility index (Phi) is 6.59. The number of benzene rings is 1. The molecule has 1 aromatic rings. The van der Waals surface area contributed by atoms with Crippen molar-refractivity contribution in [1.82, 2.24) is 10.2 Å². The molecule has 0 radical (unpaired) electrons. The zero-order valence-electron chi connectivity index (χ0n) is 15.7. The van der Waals surface area contributed by atoms with Gasteiger partial charge in [-0.2, -0.15) is 0 Å². The Labute approximate surface area is 150 Å². The van der Waals surface area contributed by atoms with Crippen molar-refractivity contribution in [2.45, 2.75) is 59.2 Å². The second kappa shape index (κ2) is 8.48. The van der Waals surface area contributed by atoms with Gasteiger partial charge in [-0.15, -0.1) is 0 Å². The molecule has 0 saturated carbocycles. The number of amides is 2. The Morgan fingerprint density at radius 2 is 1.84 bits per heavy atom. The number of rotatable bonds is 6. The summed E-state index contributed by atoms with van der Waals surface area (Å²) in [6, 6.07) is 7.44. The number of nitrogens with zero attached hydrogens (tertiary/aromatic N) is 1. The van der Waals surface area contributed by atoms with Gasteiger partial charge in [-0.25, -0.2) is 0 Å². The van der Waals surface area contributed by atoms with Gasteiger partial charge in [0.25, 0.3) is 0 Å². The molecule has 1 aliphatic heterocycles. The van der Waals surface area contributed by atoms with Crippen molar-refractivity contribution < 1.29 is 14.7 Å². The fraction of sp³-hybridized carbons (Fsp3) is 0.600. The summed E-state index contributed by atoms with van der Waals surface area (Å²) < 4.78 is 0. The van der Waals surface area contributed by atoms with E-state index in [1.54, 1.807) is 4.90 Å². The average molecular weight is 346 g/mol. The maximum absolute atomic E-state index is 12.7. The predicted molar refractivity (Wildman–Crippen MR) is 97.8 cm³/mol. The van der Waals surface area contributed by atoms with Crippen LogP contribution in [-0.2, 0) is 22.6 Å². The third-order valence-corrected chi connectivity index (χ3v) is 4.71. The smallest absolute Gasteiger partial charge is 0.243 e. The van der Waals surface area contributed by atoms with E-state index < -0.39 is 12.1 Å². The van der Waals surface area contributed by atoms with Crippen molar-refractivity contribution in [3.8, 4) is 0 Å². The first-order valence-corrected chi connectivity index (χ1v) is 9.11. The zero-order valence-corrected chi connectivity index (χ0v) is 15.7. The van der Waals surface area contributed by atoms with E-state index in [0.29, 0.717) is 19.4 Å². The summed E-state index contributed by atoms with van der Waals surface area (Å²) in [5.74, 6) is 0.141. The van der Waals surface area contributed by atoms with Gasteiger partial charge in [0.1, 0.15) is 6.04 Å². The van der Waals surface area contributed by atoms with Gasteiger partial charge in [-0.3, -0.25) is 9.59 Å². The Morgan fingerprint density at radius 1 is 1.20 bits per heavy atom. The predicted octanol–water partition coefficient (Wildman–Crippen LogP) is 2.12. The summed E-state index contributed by atoms with van der Waals surface area (Å²) in [5, 5.41) is 12.7. The van der Waals surface area contributed by atoms with E-state index in [1.165, 1.54) is 0 Å².